The third-order valence-electron chi connectivity index (χ3n) is 2.85. The molecule has 5 nitrogen and oxygen atoms in total. The van der Waals surface area contributed by atoms with Crippen molar-refractivity contribution in [3.63, 3.8) is 0 Å². The van der Waals surface area contributed by atoms with Crippen LogP contribution in [0, 0.1) is 0 Å². The SMILES string of the molecule is CCC(N)c1nc(O)c(-c2ccccc2Cl)c(=O)[nH]1. The van der Waals surface area contributed by atoms with Gasteiger partial charge in [0, 0.05) is 10.6 Å². The lowest BCUT2D eigenvalue weighted by Crippen LogP contribution is -2.20. The fourth-order valence-corrected chi connectivity index (χ4v) is 1.98. The lowest BCUT2D eigenvalue weighted by molar-refractivity contribution is 0.446. The average Bonchev–Trinajstić information content (AvgIpc) is 2.39. The molecule has 1 unspecified atom stereocenters. The van der Waals surface area contributed by atoms with Gasteiger partial charge in [0.05, 0.1) is 6.04 Å². The third-order valence-corrected chi connectivity index (χ3v) is 3.18. The topological polar surface area (TPSA) is 92.0 Å². The van der Waals surface area contributed by atoms with Gasteiger partial charge in [0.15, 0.2) is 0 Å². The molecule has 0 aliphatic heterocycles. The first-order valence-electron chi connectivity index (χ1n) is 5.88. The molecule has 2 aromatic rings. The summed E-state index contributed by atoms with van der Waals surface area (Å²) in [6.45, 7) is 1.86. The van der Waals surface area contributed by atoms with Crippen LogP contribution in [0.1, 0.15) is 25.2 Å². The van der Waals surface area contributed by atoms with E-state index in [0.29, 0.717) is 17.0 Å². The van der Waals surface area contributed by atoms with E-state index in [1.165, 1.54) is 0 Å². The van der Waals surface area contributed by atoms with Crippen molar-refractivity contribution in [2.75, 3.05) is 0 Å². The predicted molar refractivity (Wildman–Crippen MR) is 74.2 cm³/mol. The summed E-state index contributed by atoms with van der Waals surface area (Å²) in [6, 6.07) is 6.34. The lowest BCUT2D eigenvalue weighted by atomic mass is 10.1. The van der Waals surface area contributed by atoms with Crippen LogP contribution in [0.15, 0.2) is 29.1 Å². The van der Waals surface area contributed by atoms with Crippen LogP contribution in [-0.2, 0) is 0 Å². The highest BCUT2D eigenvalue weighted by atomic mass is 35.5. The summed E-state index contributed by atoms with van der Waals surface area (Å²) in [5.41, 5.74) is 5.81. The first-order valence-corrected chi connectivity index (χ1v) is 6.26. The van der Waals surface area contributed by atoms with Gasteiger partial charge in [-0.1, -0.05) is 36.7 Å². The summed E-state index contributed by atoms with van der Waals surface area (Å²) in [4.78, 5) is 18.6. The van der Waals surface area contributed by atoms with Crippen LogP contribution in [0.5, 0.6) is 5.88 Å². The van der Waals surface area contributed by atoms with E-state index < -0.39 is 11.6 Å². The maximum absolute atomic E-state index is 12.1. The number of H-pyrrole nitrogens is 1. The number of nitrogens with one attached hydrogen (secondary N) is 1. The Morgan fingerprint density at radius 2 is 2.16 bits per heavy atom. The zero-order valence-corrected chi connectivity index (χ0v) is 11.1. The molecule has 0 aliphatic carbocycles. The van der Waals surface area contributed by atoms with Gasteiger partial charge in [0.25, 0.3) is 5.56 Å². The molecular formula is C13H14ClN3O2. The molecular weight excluding hydrogens is 266 g/mol. The highest BCUT2D eigenvalue weighted by Gasteiger charge is 2.17. The van der Waals surface area contributed by atoms with E-state index in [4.69, 9.17) is 17.3 Å². The van der Waals surface area contributed by atoms with E-state index in [9.17, 15) is 9.90 Å². The van der Waals surface area contributed by atoms with Gasteiger partial charge >= 0.3 is 0 Å². The largest absolute Gasteiger partial charge is 0.493 e. The predicted octanol–water partition coefficient (Wildman–Crippen LogP) is 2.21. The van der Waals surface area contributed by atoms with Crippen LogP contribution >= 0.6 is 11.6 Å². The Morgan fingerprint density at radius 1 is 1.47 bits per heavy atom. The third kappa shape index (κ3) is 2.62. The summed E-state index contributed by atoms with van der Waals surface area (Å²) >= 11 is 6.02. The van der Waals surface area contributed by atoms with Crippen molar-refractivity contribution in [2.45, 2.75) is 19.4 Å². The molecule has 2 rings (SSSR count). The fraction of sp³-hybridized carbons (Fsp3) is 0.231. The van der Waals surface area contributed by atoms with Crippen LogP contribution in [0.25, 0.3) is 11.1 Å². The van der Waals surface area contributed by atoms with Gasteiger partial charge in [-0.2, -0.15) is 4.98 Å². The fourth-order valence-electron chi connectivity index (χ4n) is 1.75. The van der Waals surface area contributed by atoms with E-state index in [1.807, 2.05) is 6.92 Å². The van der Waals surface area contributed by atoms with Crippen LogP contribution in [0.2, 0.25) is 5.02 Å². The maximum atomic E-state index is 12.1. The number of halogens is 1. The Labute approximate surface area is 115 Å². The molecule has 1 heterocycles. The molecule has 0 amide bonds. The molecule has 0 aliphatic rings. The van der Waals surface area contributed by atoms with Crippen molar-refractivity contribution >= 4 is 11.6 Å². The minimum atomic E-state index is -0.459. The molecule has 0 saturated carbocycles. The number of aromatic nitrogens is 2. The van der Waals surface area contributed by atoms with E-state index in [-0.39, 0.29) is 17.3 Å². The number of benzene rings is 1. The molecule has 0 spiro atoms. The Morgan fingerprint density at radius 3 is 2.74 bits per heavy atom. The first-order chi connectivity index (χ1) is 9.04. The van der Waals surface area contributed by atoms with Crippen molar-refractivity contribution in [1.29, 1.82) is 0 Å². The summed E-state index contributed by atoms with van der Waals surface area (Å²) < 4.78 is 0. The van der Waals surface area contributed by atoms with E-state index in [1.54, 1.807) is 24.3 Å². The number of hydrogen-bond acceptors (Lipinski definition) is 4. The van der Waals surface area contributed by atoms with Crippen LogP contribution in [0.4, 0.5) is 0 Å². The summed E-state index contributed by atoms with van der Waals surface area (Å²) in [6.07, 6.45) is 0.605. The van der Waals surface area contributed by atoms with Crippen molar-refractivity contribution in [3.05, 3.63) is 45.5 Å². The average molecular weight is 280 g/mol. The van der Waals surface area contributed by atoms with Gasteiger partial charge in [-0.25, -0.2) is 0 Å². The molecule has 4 N–H and O–H groups in total. The molecule has 1 aromatic heterocycles. The van der Waals surface area contributed by atoms with E-state index in [0.717, 1.165) is 0 Å². The van der Waals surface area contributed by atoms with Gasteiger partial charge in [0.1, 0.15) is 11.4 Å². The van der Waals surface area contributed by atoms with Crippen LogP contribution in [0.3, 0.4) is 0 Å². The van der Waals surface area contributed by atoms with Gasteiger partial charge in [-0.15, -0.1) is 0 Å². The van der Waals surface area contributed by atoms with Gasteiger partial charge in [-0.3, -0.25) is 4.79 Å². The minimum Gasteiger partial charge on any atom is -0.493 e. The summed E-state index contributed by atoms with van der Waals surface area (Å²) in [5.74, 6) is -0.100. The van der Waals surface area contributed by atoms with Gasteiger partial charge < -0.3 is 15.8 Å². The van der Waals surface area contributed by atoms with Crippen molar-refractivity contribution in [3.8, 4) is 17.0 Å². The molecule has 1 aromatic carbocycles. The normalized spacial score (nSPS) is 12.4. The number of hydrogen-bond donors (Lipinski definition) is 3. The standard InChI is InChI=1S/C13H14ClN3O2/c1-2-9(15)11-16-12(18)10(13(19)17-11)7-5-3-4-6-8(7)14/h3-6,9H,2,15H2,1H3,(H2,16,17,18,19). The molecule has 0 fully saturated rings. The second-order valence-electron chi connectivity index (χ2n) is 4.14. The van der Waals surface area contributed by atoms with Crippen molar-refractivity contribution in [1.82, 2.24) is 9.97 Å². The van der Waals surface area contributed by atoms with Crippen molar-refractivity contribution in [2.24, 2.45) is 5.73 Å². The minimum absolute atomic E-state index is 0.0534. The van der Waals surface area contributed by atoms with Crippen LogP contribution < -0.4 is 11.3 Å². The summed E-state index contributed by atoms with van der Waals surface area (Å²) in [7, 11) is 0. The Bertz CT molecular complexity index is 655. The van der Waals surface area contributed by atoms with Gasteiger partial charge in [0.2, 0.25) is 5.88 Å². The van der Waals surface area contributed by atoms with Crippen molar-refractivity contribution < 1.29 is 5.11 Å². The molecule has 19 heavy (non-hydrogen) atoms. The zero-order valence-electron chi connectivity index (χ0n) is 10.4. The number of aromatic hydroxyl groups is 1. The molecule has 100 valence electrons. The monoisotopic (exact) mass is 279 g/mol. The maximum Gasteiger partial charge on any atom is 0.262 e. The number of nitrogens with two attached hydrogens (primary N) is 1. The highest BCUT2D eigenvalue weighted by molar-refractivity contribution is 6.33. The zero-order chi connectivity index (χ0) is 14.0. The number of nitrogens with zero attached hydrogens (tertiary/aromatic N) is 1. The Balaban J connectivity index is 2.61. The lowest BCUT2D eigenvalue weighted by Gasteiger charge is -2.10. The van der Waals surface area contributed by atoms with Crippen LogP contribution in [-0.4, -0.2) is 15.1 Å². The Hall–Kier alpha value is -1.85. The molecule has 0 saturated heterocycles. The van der Waals surface area contributed by atoms with Gasteiger partial charge in [-0.05, 0) is 12.5 Å². The first kappa shape index (κ1) is 13.6. The molecule has 0 bridgehead atoms. The quantitative estimate of drug-likeness (QED) is 0.803. The number of rotatable bonds is 3. The van der Waals surface area contributed by atoms with E-state index >= 15 is 0 Å². The number of aromatic amines is 1. The second-order valence-corrected chi connectivity index (χ2v) is 4.55. The second kappa shape index (κ2) is 5.42. The molecule has 0 radical (unpaired) electrons. The summed E-state index contributed by atoms with van der Waals surface area (Å²) in [5, 5.41) is 10.3. The molecule has 1 atom stereocenters. The highest BCUT2D eigenvalue weighted by Crippen LogP contribution is 2.30. The Kier molecular flexibility index (Phi) is 3.87. The van der Waals surface area contributed by atoms with E-state index in [2.05, 4.69) is 9.97 Å². The molecule has 6 heteroatoms. The smallest absolute Gasteiger partial charge is 0.262 e.